The van der Waals surface area contributed by atoms with Gasteiger partial charge in [0.05, 0.1) is 12.1 Å². The fourth-order valence-corrected chi connectivity index (χ4v) is 2.26. The zero-order chi connectivity index (χ0) is 10.8. The SMILES string of the molecule is C[C@@H](N)C(=O)NC(c1nccs1)C1CC1. The van der Waals surface area contributed by atoms with E-state index in [0.717, 1.165) is 5.01 Å². The van der Waals surface area contributed by atoms with Gasteiger partial charge in [0, 0.05) is 11.6 Å². The van der Waals surface area contributed by atoms with Gasteiger partial charge in [-0.2, -0.15) is 0 Å². The van der Waals surface area contributed by atoms with Gasteiger partial charge >= 0.3 is 0 Å². The first-order valence-corrected chi connectivity index (χ1v) is 6.02. The molecule has 3 N–H and O–H groups in total. The molecule has 15 heavy (non-hydrogen) atoms. The second-order valence-corrected chi connectivity index (χ2v) is 4.91. The van der Waals surface area contributed by atoms with E-state index in [1.165, 1.54) is 12.8 Å². The van der Waals surface area contributed by atoms with Gasteiger partial charge in [-0.1, -0.05) is 0 Å². The lowest BCUT2D eigenvalue weighted by molar-refractivity contribution is -0.122. The highest BCUT2D eigenvalue weighted by Gasteiger charge is 2.35. The van der Waals surface area contributed by atoms with E-state index in [9.17, 15) is 4.79 Å². The summed E-state index contributed by atoms with van der Waals surface area (Å²) in [6.07, 6.45) is 4.11. The minimum Gasteiger partial charge on any atom is -0.345 e. The Kier molecular flexibility index (Phi) is 3.02. The summed E-state index contributed by atoms with van der Waals surface area (Å²) in [6.45, 7) is 1.70. The molecule has 5 heteroatoms. The molecule has 82 valence electrons. The van der Waals surface area contributed by atoms with Crippen molar-refractivity contribution in [1.29, 1.82) is 0 Å². The Labute approximate surface area is 92.9 Å². The third kappa shape index (κ3) is 2.54. The van der Waals surface area contributed by atoms with E-state index >= 15 is 0 Å². The standard InChI is InChI=1S/C10H15N3OS/c1-6(11)9(14)13-8(7-2-3-7)10-12-4-5-15-10/h4-8H,2-3,11H2,1H3,(H,13,14)/t6-,8?/m1/s1. The molecule has 0 bridgehead atoms. The van der Waals surface area contributed by atoms with E-state index in [4.69, 9.17) is 5.73 Å². The Hall–Kier alpha value is -0.940. The lowest BCUT2D eigenvalue weighted by atomic mass is 10.2. The number of nitrogens with two attached hydrogens (primary N) is 1. The van der Waals surface area contributed by atoms with Crippen LogP contribution in [0.5, 0.6) is 0 Å². The second-order valence-electron chi connectivity index (χ2n) is 3.98. The van der Waals surface area contributed by atoms with Gasteiger partial charge in [0.2, 0.25) is 5.91 Å². The van der Waals surface area contributed by atoms with E-state index in [0.29, 0.717) is 5.92 Å². The molecule has 1 aliphatic carbocycles. The average molecular weight is 225 g/mol. The van der Waals surface area contributed by atoms with E-state index in [-0.39, 0.29) is 11.9 Å². The molecule has 4 nitrogen and oxygen atoms in total. The van der Waals surface area contributed by atoms with Gasteiger partial charge in [0.25, 0.3) is 0 Å². The Morgan fingerprint density at radius 3 is 2.93 bits per heavy atom. The van der Waals surface area contributed by atoms with Crippen molar-refractivity contribution in [3.8, 4) is 0 Å². The van der Waals surface area contributed by atoms with Crippen molar-refractivity contribution in [2.24, 2.45) is 11.7 Å². The molecule has 2 atom stereocenters. The molecule has 1 amide bonds. The van der Waals surface area contributed by atoms with Gasteiger partial charge in [-0.3, -0.25) is 4.79 Å². The van der Waals surface area contributed by atoms with Crippen LogP contribution in [0.25, 0.3) is 0 Å². The summed E-state index contributed by atoms with van der Waals surface area (Å²) in [6, 6.07) is -0.380. The highest BCUT2D eigenvalue weighted by Crippen LogP contribution is 2.41. The van der Waals surface area contributed by atoms with Crippen molar-refractivity contribution in [1.82, 2.24) is 10.3 Å². The minimum absolute atomic E-state index is 0.0727. The molecule has 1 aliphatic rings. The Morgan fingerprint density at radius 1 is 1.73 bits per heavy atom. The summed E-state index contributed by atoms with van der Waals surface area (Å²) in [5.74, 6) is 0.459. The number of carbonyl (C=O) groups excluding carboxylic acids is 1. The summed E-state index contributed by atoms with van der Waals surface area (Å²) in [5.41, 5.74) is 5.53. The summed E-state index contributed by atoms with van der Waals surface area (Å²) in [5, 5.41) is 5.89. The number of nitrogens with zero attached hydrogens (tertiary/aromatic N) is 1. The molecule has 1 fully saturated rings. The summed E-state index contributed by atoms with van der Waals surface area (Å²) in [4.78, 5) is 15.8. The normalized spacial score (nSPS) is 19.6. The first kappa shape index (κ1) is 10.6. The molecule has 0 spiro atoms. The quantitative estimate of drug-likeness (QED) is 0.805. The third-order valence-electron chi connectivity index (χ3n) is 2.52. The second kappa shape index (κ2) is 4.28. The van der Waals surface area contributed by atoms with E-state index in [1.54, 1.807) is 24.5 Å². The predicted octanol–water partition coefficient (Wildman–Crippen LogP) is 1.06. The maximum absolute atomic E-state index is 11.5. The van der Waals surface area contributed by atoms with Crippen LogP contribution >= 0.6 is 11.3 Å². The Bertz CT molecular complexity index is 332. The van der Waals surface area contributed by atoms with Crippen molar-refractivity contribution in [3.63, 3.8) is 0 Å². The zero-order valence-corrected chi connectivity index (χ0v) is 9.46. The highest BCUT2D eigenvalue weighted by atomic mass is 32.1. The molecule has 1 heterocycles. The van der Waals surface area contributed by atoms with Gasteiger partial charge in [-0.25, -0.2) is 4.98 Å². The first-order valence-electron chi connectivity index (χ1n) is 5.14. The van der Waals surface area contributed by atoms with E-state index < -0.39 is 6.04 Å². The summed E-state index contributed by atoms with van der Waals surface area (Å²) < 4.78 is 0. The molecule has 0 saturated heterocycles. The molecule has 1 unspecified atom stereocenters. The lowest BCUT2D eigenvalue weighted by Gasteiger charge is -2.17. The van der Waals surface area contributed by atoms with Crippen molar-refractivity contribution >= 4 is 17.2 Å². The van der Waals surface area contributed by atoms with Crippen LogP contribution in [0.1, 0.15) is 30.8 Å². The fraction of sp³-hybridized carbons (Fsp3) is 0.600. The maximum atomic E-state index is 11.5. The van der Waals surface area contributed by atoms with Crippen molar-refractivity contribution in [3.05, 3.63) is 16.6 Å². The van der Waals surface area contributed by atoms with Crippen LogP contribution in [-0.2, 0) is 4.79 Å². The van der Waals surface area contributed by atoms with Crippen LogP contribution < -0.4 is 11.1 Å². The van der Waals surface area contributed by atoms with Crippen molar-refractivity contribution in [2.45, 2.75) is 31.8 Å². The molecule has 1 saturated carbocycles. The average Bonchev–Trinajstić information content (AvgIpc) is 2.89. The molecule has 1 aromatic rings. The van der Waals surface area contributed by atoms with Gasteiger partial charge in [0.15, 0.2) is 0 Å². The van der Waals surface area contributed by atoms with E-state index in [1.807, 2.05) is 5.38 Å². The number of hydrogen-bond acceptors (Lipinski definition) is 4. The number of aromatic nitrogens is 1. The van der Waals surface area contributed by atoms with Crippen LogP contribution in [0, 0.1) is 5.92 Å². The molecular formula is C10H15N3OS. The van der Waals surface area contributed by atoms with E-state index in [2.05, 4.69) is 10.3 Å². The Balaban J connectivity index is 2.04. The number of amides is 1. The number of hydrogen-bond donors (Lipinski definition) is 2. The highest BCUT2D eigenvalue weighted by molar-refractivity contribution is 7.09. The summed E-state index contributed by atoms with van der Waals surface area (Å²) in [7, 11) is 0. The minimum atomic E-state index is -0.453. The molecule has 0 aromatic carbocycles. The third-order valence-corrected chi connectivity index (χ3v) is 3.38. The zero-order valence-electron chi connectivity index (χ0n) is 8.64. The topological polar surface area (TPSA) is 68.0 Å². The lowest BCUT2D eigenvalue weighted by Crippen LogP contribution is -2.40. The van der Waals surface area contributed by atoms with Crippen molar-refractivity contribution < 1.29 is 4.79 Å². The Morgan fingerprint density at radius 2 is 2.47 bits per heavy atom. The predicted molar refractivity (Wildman–Crippen MR) is 59.4 cm³/mol. The molecular weight excluding hydrogens is 210 g/mol. The van der Waals surface area contributed by atoms with Gasteiger partial charge in [-0.05, 0) is 25.7 Å². The molecule has 0 radical (unpaired) electrons. The van der Waals surface area contributed by atoms with Crippen LogP contribution in [0.15, 0.2) is 11.6 Å². The van der Waals surface area contributed by atoms with Gasteiger partial charge < -0.3 is 11.1 Å². The van der Waals surface area contributed by atoms with Gasteiger partial charge in [0.1, 0.15) is 5.01 Å². The monoisotopic (exact) mass is 225 g/mol. The first-order chi connectivity index (χ1) is 7.18. The molecule has 1 aromatic heterocycles. The fourth-order valence-electron chi connectivity index (χ4n) is 1.48. The van der Waals surface area contributed by atoms with Crippen LogP contribution in [0.3, 0.4) is 0 Å². The van der Waals surface area contributed by atoms with Crippen LogP contribution in [0.2, 0.25) is 0 Å². The van der Waals surface area contributed by atoms with Crippen molar-refractivity contribution in [2.75, 3.05) is 0 Å². The van der Waals surface area contributed by atoms with Crippen LogP contribution in [-0.4, -0.2) is 16.9 Å². The number of nitrogens with one attached hydrogen (secondary N) is 1. The smallest absolute Gasteiger partial charge is 0.237 e. The largest absolute Gasteiger partial charge is 0.345 e. The number of thiazole rings is 1. The maximum Gasteiger partial charge on any atom is 0.237 e. The van der Waals surface area contributed by atoms with Crippen LogP contribution in [0.4, 0.5) is 0 Å². The molecule has 2 rings (SSSR count). The number of carbonyl (C=O) groups is 1. The molecule has 0 aliphatic heterocycles. The summed E-state index contributed by atoms with van der Waals surface area (Å²) >= 11 is 1.59. The van der Waals surface area contributed by atoms with Gasteiger partial charge in [-0.15, -0.1) is 11.3 Å². The number of rotatable bonds is 4.